The van der Waals surface area contributed by atoms with Crippen LogP contribution in [0.4, 0.5) is 4.79 Å². The lowest BCUT2D eigenvalue weighted by Crippen LogP contribution is -2.49. The maximum absolute atomic E-state index is 11.9. The normalized spacial score (nSPS) is 11.9. The summed E-state index contributed by atoms with van der Waals surface area (Å²) >= 11 is 0. The average molecular weight is 307 g/mol. The zero-order chi connectivity index (χ0) is 16.5. The van der Waals surface area contributed by atoms with E-state index >= 15 is 0 Å². The predicted octanol–water partition coefficient (Wildman–Crippen LogP) is 1.54. The predicted molar refractivity (Wildman–Crippen MR) is 86.0 cm³/mol. The summed E-state index contributed by atoms with van der Waals surface area (Å²) < 4.78 is 5.70. The summed E-state index contributed by atoms with van der Waals surface area (Å²) in [6.07, 6.45) is 0. The number of benzene rings is 1. The zero-order valence-electron chi connectivity index (χ0n) is 13.7. The second-order valence-corrected chi connectivity index (χ2v) is 5.12. The van der Waals surface area contributed by atoms with Crippen LogP contribution in [-0.2, 0) is 4.79 Å². The Labute approximate surface area is 131 Å². The molecule has 3 amide bonds. The smallest absolute Gasteiger partial charge is 0.321 e. The van der Waals surface area contributed by atoms with Crippen LogP contribution in [0.5, 0.6) is 5.75 Å². The maximum Gasteiger partial charge on any atom is 0.321 e. The number of aryl methyl sites for hydroxylation is 1. The number of hydrogen-bond acceptors (Lipinski definition) is 4. The third kappa shape index (κ3) is 5.73. The number of ether oxygens (including phenoxy) is 1. The first kappa shape index (κ1) is 18.0. The van der Waals surface area contributed by atoms with Gasteiger partial charge >= 0.3 is 6.03 Å². The molecule has 22 heavy (non-hydrogen) atoms. The first-order valence-corrected chi connectivity index (χ1v) is 7.43. The third-order valence-electron chi connectivity index (χ3n) is 3.41. The highest BCUT2D eigenvalue weighted by molar-refractivity contribution is 5.96. The van der Waals surface area contributed by atoms with Gasteiger partial charge in [0, 0.05) is 13.1 Å². The number of rotatable bonds is 7. The highest BCUT2D eigenvalue weighted by Gasteiger charge is 2.19. The van der Waals surface area contributed by atoms with Crippen molar-refractivity contribution >= 4 is 11.9 Å². The van der Waals surface area contributed by atoms with Crippen LogP contribution in [0.2, 0.25) is 0 Å². The van der Waals surface area contributed by atoms with E-state index < -0.39 is 12.1 Å². The molecule has 0 saturated carbocycles. The van der Waals surface area contributed by atoms with Gasteiger partial charge in [0.1, 0.15) is 12.4 Å². The third-order valence-corrected chi connectivity index (χ3v) is 3.41. The summed E-state index contributed by atoms with van der Waals surface area (Å²) in [4.78, 5) is 25.1. The van der Waals surface area contributed by atoms with Crippen LogP contribution in [0.15, 0.2) is 24.3 Å². The quantitative estimate of drug-likeness (QED) is 0.801. The number of carbonyl (C=O) groups excluding carboxylic acids is 2. The van der Waals surface area contributed by atoms with Gasteiger partial charge in [-0.05, 0) is 39.4 Å². The van der Waals surface area contributed by atoms with Crippen molar-refractivity contribution < 1.29 is 14.3 Å². The summed E-state index contributed by atoms with van der Waals surface area (Å²) in [5, 5.41) is 4.83. The largest absolute Gasteiger partial charge is 0.492 e. The molecule has 0 fully saturated rings. The molecule has 1 rings (SSSR count). The molecule has 122 valence electrons. The first-order valence-electron chi connectivity index (χ1n) is 7.43. The molecule has 0 unspecified atom stereocenters. The Balaban J connectivity index is 2.38. The standard InChI is InChI=1S/C16H25N3O3/c1-5-17-16(21)18-15(20)13(3)19(4)10-11-22-14-9-7-6-8-12(14)2/h6-9,13H,5,10-11H2,1-4H3,(H2,17,18,20,21)/t13-/m1/s1. The van der Waals surface area contributed by atoms with Gasteiger partial charge in [-0.3, -0.25) is 15.0 Å². The Morgan fingerprint density at radius 3 is 2.64 bits per heavy atom. The van der Waals surface area contributed by atoms with Gasteiger partial charge < -0.3 is 10.1 Å². The molecule has 6 nitrogen and oxygen atoms in total. The molecular formula is C16H25N3O3. The average Bonchev–Trinajstić information content (AvgIpc) is 2.48. The molecule has 6 heteroatoms. The van der Waals surface area contributed by atoms with Crippen molar-refractivity contribution in [3.63, 3.8) is 0 Å². The van der Waals surface area contributed by atoms with Crippen molar-refractivity contribution in [2.75, 3.05) is 26.7 Å². The fourth-order valence-electron chi connectivity index (χ4n) is 1.83. The monoisotopic (exact) mass is 307 g/mol. The van der Waals surface area contributed by atoms with Crippen molar-refractivity contribution in [2.24, 2.45) is 0 Å². The summed E-state index contributed by atoms with van der Waals surface area (Å²) in [7, 11) is 1.82. The molecule has 0 radical (unpaired) electrons. The van der Waals surface area contributed by atoms with Crippen LogP contribution in [0.3, 0.4) is 0 Å². The van der Waals surface area contributed by atoms with Crippen molar-refractivity contribution in [2.45, 2.75) is 26.8 Å². The van der Waals surface area contributed by atoms with Gasteiger partial charge in [-0.1, -0.05) is 18.2 Å². The molecule has 0 aliphatic rings. The minimum absolute atomic E-state index is 0.329. The van der Waals surface area contributed by atoms with Gasteiger partial charge in [-0.15, -0.1) is 0 Å². The van der Waals surface area contributed by atoms with Crippen molar-refractivity contribution in [1.29, 1.82) is 0 Å². The molecule has 1 aromatic rings. The first-order chi connectivity index (χ1) is 10.5. The summed E-state index contributed by atoms with van der Waals surface area (Å²) in [6.45, 7) is 7.07. The topological polar surface area (TPSA) is 70.7 Å². The number of para-hydroxylation sites is 1. The highest BCUT2D eigenvalue weighted by atomic mass is 16.5. The van der Waals surface area contributed by atoms with Gasteiger partial charge in [-0.2, -0.15) is 0 Å². The van der Waals surface area contributed by atoms with E-state index in [-0.39, 0.29) is 5.91 Å². The number of nitrogens with one attached hydrogen (secondary N) is 2. The van der Waals surface area contributed by atoms with Gasteiger partial charge in [0.25, 0.3) is 0 Å². The highest BCUT2D eigenvalue weighted by Crippen LogP contribution is 2.15. The number of likely N-dealkylation sites (N-methyl/N-ethyl adjacent to an activating group) is 1. The molecule has 0 bridgehead atoms. The Hall–Kier alpha value is -2.08. The SMILES string of the molecule is CCNC(=O)NC(=O)[C@@H](C)N(C)CCOc1ccccc1C. The fourth-order valence-corrected chi connectivity index (χ4v) is 1.83. The lowest BCUT2D eigenvalue weighted by molar-refractivity contribution is -0.124. The lowest BCUT2D eigenvalue weighted by atomic mass is 10.2. The van der Waals surface area contributed by atoms with Crippen LogP contribution < -0.4 is 15.4 Å². The van der Waals surface area contributed by atoms with Gasteiger partial charge in [0.05, 0.1) is 6.04 Å². The van der Waals surface area contributed by atoms with E-state index in [1.165, 1.54) is 0 Å². The van der Waals surface area contributed by atoms with Crippen LogP contribution in [0.25, 0.3) is 0 Å². The number of nitrogens with zero attached hydrogens (tertiary/aromatic N) is 1. The number of carbonyl (C=O) groups is 2. The molecular weight excluding hydrogens is 282 g/mol. The van der Waals surface area contributed by atoms with Crippen LogP contribution in [0.1, 0.15) is 19.4 Å². The Bertz CT molecular complexity index is 505. The molecule has 1 aromatic carbocycles. The van der Waals surface area contributed by atoms with E-state index in [2.05, 4.69) is 10.6 Å². The molecule has 1 atom stereocenters. The van der Waals surface area contributed by atoms with E-state index in [4.69, 9.17) is 4.74 Å². The summed E-state index contributed by atoms with van der Waals surface area (Å²) in [5.41, 5.74) is 1.08. The van der Waals surface area contributed by atoms with Gasteiger partial charge in [-0.25, -0.2) is 4.79 Å². The number of imide groups is 1. The molecule has 0 heterocycles. The van der Waals surface area contributed by atoms with E-state index in [1.54, 1.807) is 13.8 Å². The van der Waals surface area contributed by atoms with Gasteiger partial charge in [0.15, 0.2) is 0 Å². The Morgan fingerprint density at radius 1 is 1.32 bits per heavy atom. The lowest BCUT2D eigenvalue weighted by Gasteiger charge is -2.23. The van der Waals surface area contributed by atoms with E-state index in [9.17, 15) is 9.59 Å². The Kier molecular flexibility index (Phi) is 7.39. The van der Waals surface area contributed by atoms with Crippen LogP contribution >= 0.6 is 0 Å². The fraction of sp³-hybridized carbons (Fsp3) is 0.500. The zero-order valence-corrected chi connectivity index (χ0v) is 13.7. The molecule has 2 N–H and O–H groups in total. The second-order valence-electron chi connectivity index (χ2n) is 5.12. The minimum atomic E-state index is -0.469. The van der Waals surface area contributed by atoms with E-state index in [1.807, 2.05) is 43.1 Å². The number of urea groups is 1. The minimum Gasteiger partial charge on any atom is -0.492 e. The Morgan fingerprint density at radius 2 is 2.00 bits per heavy atom. The number of amides is 3. The molecule has 0 spiro atoms. The maximum atomic E-state index is 11.9. The van der Waals surface area contributed by atoms with Crippen LogP contribution in [0, 0.1) is 6.92 Å². The molecule has 0 aliphatic heterocycles. The molecule has 0 aliphatic carbocycles. The second kappa shape index (κ2) is 9.04. The van der Waals surface area contributed by atoms with E-state index in [0.29, 0.717) is 19.7 Å². The van der Waals surface area contributed by atoms with Crippen LogP contribution in [-0.4, -0.2) is 49.6 Å². The summed E-state index contributed by atoms with van der Waals surface area (Å²) in [5.74, 6) is 0.514. The molecule has 0 aromatic heterocycles. The molecule has 0 saturated heterocycles. The summed E-state index contributed by atoms with van der Waals surface area (Å²) in [6, 6.07) is 6.91. The van der Waals surface area contributed by atoms with Crippen molar-refractivity contribution in [3.05, 3.63) is 29.8 Å². The van der Waals surface area contributed by atoms with Crippen molar-refractivity contribution in [3.8, 4) is 5.75 Å². The number of hydrogen-bond donors (Lipinski definition) is 2. The van der Waals surface area contributed by atoms with E-state index in [0.717, 1.165) is 11.3 Å². The van der Waals surface area contributed by atoms with Crippen molar-refractivity contribution in [1.82, 2.24) is 15.5 Å². The van der Waals surface area contributed by atoms with Gasteiger partial charge in [0.2, 0.25) is 5.91 Å².